The first-order chi connectivity index (χ1) is 12.9. The first-order valence-corrected chi connectivity index (χ1v) is 8.59. The average molecular weight is 365 g/mol. The highest BCUT2D eigenvalue weighted by molar-refractivity contribution is 5.75. The van der Waals surface area contributed by atoms with Gasteiger partial charge in [-0.1, -0.05) is 24.3 Å². The summed E-state index contributed by atoms with van der Waals surface area (Å²) in [6.07, 6.45) is 0. The topological polar surface area (TPSA) is 64.0 Å². The lowest BCUT2D eigenvalue weighted by molar-refractivity contribution is -0.122. The summed E-state index contributed by atoms with van der Waals surface area (Å²) in [7, 11) is 0. The number of nitrogens with zero attached hydrogens (tertiary/aromatic N) is 2. The van der Waals surface area contributed by atoms with Gasteiger partial charge in [-0.2, -0.15) is 5.10 Å². The van der Waals surface area contributed by atoms with Crippen LogP contribution in [-0.2, 0) is 17.9 Å². The van der Waals surface area contributed by atoms with Crippen LogP contribution in [0.3, 0.4) is 0 Å². The Morgan fingerprint density at radius 2 is 1.78 bits per heavy atom. The Balaban J connectivity index is 1.72. The fraction of sp³-hybridized carbons (Fsp3) is 0.190. The summed E-state index contributed by atoms with van der Waals surface area (Å²) in [6.45, 7) is 4.11. The molecular formula is C21H20FN3O2. The van der Waals surface area contributed by atoms with Crippen molar-refractivity contribution in [1.29, 1.82) is 0 Å². The second-order valence-electron chi connectivity index (χ2n) is 6.42. The Labute approximate surface area is 156 Å². The number of nitrogens with one attached hydrogen (secondary N) is 1. The highest BCUT2D eigenvalue weighted by Gasteiger charge is 2.09. The monoisotopic (exact) mass is 365 g/mol. The molecule has 1 heterocycles. The Bertz CT molecular complexity index is 1030. The third kappa shape index (κ3) is 4.67. The van der Waals surface area contributed by atoms with Gasteiger partial charge in [-0.15, -0.1) is 0 Å². The molecule has 0 aliphatic heterocycles. The van der Waals surface area contributed by atoms with Gasteiger partial charge in [-0.05, 0) is 54.8 Å². The van der Waals surface area contributed by atoms with E-state index in [0.29, 0.717) is 5.69 Å². The van der Waals surface area contributed by atoms with Crippen molar-refractivity contribution in [2.75, 3.05) is 0 Å². The van der Waals surface area contributed by atoms with Crippen LogP contribution in [0.2, 0.25) is 0 Å². The third-order valence-corrected chi connectivity index (χ3v) is 4.37. The van der Waals surface area contributed by atoms with Crippen LogP contribution in [-0.4, -0.2) is 15.7 Å². The largest absolute Gasteiger partial charge is 0.350 e. The van der Waals surface area contributed by atoms with Crippen molar-refractivity contribution >= 4 is 5.91 Å². The number of carbonyl (C=O) groups excluding carboxylic acids is 1. The Morgan fingerprint density at radius 1 is 1.04 bits per heavy atom. The van der Waals surface area contributed by atoms with E-state index in [2.05, 4.69) is 10.4 Å². The molecule has 0 spiro atoms. The third-order valence-electron chi connectivity index (χ3n) is 4.37. The summed E-state index contributed by atoms with van der Waals surface area (Å²) in [5.74, 6) is -0.671. The Kier molecular flexibility index (Phi) is 5.45. The minimum absolute atomic E-state index is 0.182. The summed E-state index contributed by atoms with van der Waals surface area (Å²) < 4.78 is 14.1. The maximum atomic E-state index is 12.9. The molecule has 0 fully saturated rings. The lowest BCUT2D eigenvalue weighted by Gasteiger charge is -2.09. The first kappa shape index (κ1) is 18.5. The standard InChI is InChI=1S/C21H20FN3O2/c1-14-3-6-17(11-15(14)2)19-9-10-21(27)25(24-19)13-20(26)23-12-16-4-7-18(22)8-5-16/h3-11H,12-13H2,1-2H3,(H,23,26). The van der Waals surface area contributed by atoms with Crippen LogP contribution < -0.4 is 10.9 Å². The molecule has 3 aromatic rings. The van der Waals surface area contributed by atoms with Crippen LogP contribution in [0.25, 0.3) is 11.3 Å². The second kappa shape index (κ2) is 7.95. The molecule has 0 saturated heterocycles. The zero-order valence-electron chi connectivity index (χ0n) is 15.2. The summed E-state index contributed by atoms with van der Waals surface area (Å²) in [5, 5.41) is 7.02. The van der Waals surface area contributed by atoms with Crippen LogP contribution in [0.1, 0.15) is 16.7 Å². The van der Waals surface area contributed by atoms with Crippen molar-refractivity contribution in [3.8, 4) is 11.3 Å². The lowest BCUT2D eigenvalue weighted by Crippen LogP contribution is -2.33. The van der Waals surface area contributed by atoms with Crippen LogP contribution in [0.15, 0.2) is 59.4 Å². The maximum absolute atomic E-state index is 12.9. The molecule has 5 nitrogen and oxygen atoms in total. The number of hydrogen-bond donors (Lipinski definition) is 1. The zero-order valence-corrected chi connectivity index (χ0v) is 15.2. The fourth-order valence-electron chi connectivity index (χ4n) is 2.61. The minimum Gasteiger partial charge on any atom is -0.350 e. The van der Waals surface area contributed by atoms with Gasteiger partial charge in [0.15, 0.2) is 0 Å². The van der Waals surface area contributed by atoms with Crippen molar-refractivity contribution in [3.63, 3.8) is 0 Å². The van der Waals surface area contributed by atoms with Crippen LogP contribution in [0, 0.1) is 19.7 Å². The molecule has 138 valence electrons. The molecule has 0 aliphatic carbocycles. The Morgan fingerprint density at radius 3 is 2.48 bits per heavy atom. The molecule has 0 saturated carbocycles. The molecule has 0 aliphatic rings. The van der Waals surface area contributed by atoms with Crippen molar-refractivity contribution in [1.82, 2.24) is 15.1 Å². The fourth-order valence-corrected chi connectivity index (χ4v) is 2.61. The molecule has 2 aromatic carbocycles. The van der Waals surface area contributed by atoms with Crippen LogP contribution in [0.5, 0.6) is 0 Å². The number of carbonyl (C=O) groups is 1. The van der Waals surface area contributed by atoms with Gasteiger partial charge in [0.1, 0.15) is 12.4 Å². The lowest BCUT2D eigenvalue weighted by atomic mass is 10.0. The van der Waals surface area contributed by atoms with E-state index >= 15 is 0 Å². The molecule has 0 bridgehead atoms. The normalized spacial score (nSPS) is 10.6. The number of hydrogen-bond acceptors (Lipinski definition) is 3. The average Bonchev–Trinajstić information content (AvgIpc) is 2.65. The molecule has 3 rings (SSSR count). The first-order valence-electron chi connectivity index (χ1n) is 8.59. The van der Waals surface area contributed by atoms with E-state index in [1.54, 1.807) is 18.2 Å². The van der Waals surface area contributed by atoms with Gasteiger partial charge in [0.2, 0.25) is 5.91 Å². The van der Waals surface area contributed by atoms with E-state index in [-0.39, 0.29) is 30.4 Å². The van der Waals surface area contributed by atoms with Crippen LogP contribution in [0.4, 0.5) is 4.39 Å². The molecule has 0 radical (unpaired) electrons. The van der Waals surface area contributed by atoms with Gasteiger partial charge in [-0.25, -0.2) is 9.07 Å². The number of rotatable bonds is 5. The minimum atomic E-state index is -0.348. The summed E-state index contributed by atoms with van der Waals surface area (Å²) in [4.78, 5) is 24.2. The predicted molar refractivity (Wildman–Crippen MR) is 102 cm³/mol. The molecule has 27 heavy (non-hydrogen) atoms. The molecule has 0 unspecified atom stereocenters. The molecule has 1 N–H and O–H groups in total. The summed E-state index contributed by atoms with van der Waals surface area (Å²) in [6, 6.07) is 14.9. The molecule has 1 amide bonds. The molecule has 1 aromatic heterocycles. The van der Waals surface area contributed by atoms with Gasteiger partial charge in [0.05, 0.1) is 5.69 Å². The van der Waals surface area contributed by atoms with Crippen molar-refractivity contribution in [2.45, 2.75) is 26.9 Å². The van der Waals surface area contributed by atoms with E-state index in [9.17, 15) is 14.0 Å². The number of aryl methyl sites for hydroxylation is 2. The van der Waals surface area contributed by atoms with Crippen molar-refractivity contribution in [2.24, 2.45) is 0 Å². The van der Waals surface area contributed by atoms with Crippen molar-refractivity contribution < 1.29 is 9.18 Å². The van der Waals surface area contributed by atoms with Gasteiger partial charge in [-0.3, -0.25) is 9.59 Å². The second-order valence-corrected chi connectivity index (χ2v) is 6.42. The van der Waals surface area contributed by atoms with E-state index in [1.807, 2.05) is 32.0 Å². The number of aromatic nitrogens is 2. The summed E-state index contributed by atoms with van der Waals surface area (Å²) in [5.41, 5.74) is 4.24. The Hall–Kier alpha value is -3.28. The van der Waals surface area contributed by atoms with Crippen molar-refractivity contribution in [3.05, 3.63) is 87.5 Å². The number of amides is 1. The van der Waals surface area contributed by atoms with Crippen LogP contribution >= 0.6 is 0 Å². The van der Waals surface area contributed by atoms with Gasteiger partial charge >= 0.3 is 0 Å². The molecular weight excluding hydrogens is 345 g/mol. The van der Waals surface area contributed by atoms with E-state index in [1.165, 1.54) is 23.8 Å². The predicted octanol–water partition coefficient (Wildman–Crippen LogP) is 2.98. The summed E-state index contributed by atoms with van der Waals surface area (Å²) >= 11 is 0. The molecule has 0 atom stereocenters. The quantitative estimate of drug-likeness (QED) is 0.756. The van der Waals surface area contributed by atoms with Gasteiger partial charge in [0, 0.05) is 18.2 Å². The smallest absolute Gasteiger partial charge is 0.267 e. The number of halogens is 1. The SMILES string of the molecule is Cc1ccc(-c2ccc(=O)n(CC(=O)NCc3ccc(F)cc3)n2)cc1C. The highest BCUT2D eigenvalue weighted by Crippen LogP contribution is 2.19. The van der Waals surface area contributed by atoms with E-state index < -0.39 is 0 Å². The zero-order chi connectivity index (χ0) is 19.4. The maximum Gasteiger partial charge on any atom is 0.267 e. The molecule has 6 heteroatoms. The highest BCUT2D eigenvalue weighted by atomic mass is 19.1. The van der Waals surface area contributed by atoms with Gasteiger partial charge in [0.25, 0.3) is 5.56 Å². The van der Waals surface area contributed by atoms with Gasteiger partial charge < -0.3 is 5.32 Å². The van der Waals surface area contributed by atoms with E-state index in [0.717, 1.165) is 21.4 Å². The number of benzene rings is 2. The van der Waals surface area contributed by atoms with E-state index in [4.69, 9.17) is 0 Å².